The van der Waals surface area contributed by atoms with Crippen LogP contribution in [0.1, 0.15) is 11.1 Å². The van der Waals surface area contributed by atoms with E-state index in [1.54, 1.807) is 0 Å². The maximum absolute atomic E-state index is 4.66. The van der Waals surface area contributed by atoms with Crippen LogP contribution in [-0.2, 0) is 6.42 Å². The number of rotatable bonds is 4. The van der Waals surface area contributed by atoms with Gasteiger partial charge in [0.1, 0.15) is 0 Å². The van der Waals surface area contributed by atoms with Crippen LogP contribution in [0.3, 0.4) is 0 Å². The molecule has 8 aromatic rings. The second kappa shape index (κ2) is 8.67. The van der Waals surface area contributed by atoms with Crippen LogP contribution in [0.25, 0.3) is 55.2 Å². The van der Waals surface area contributed by atoms with Crippen molar-refractivity contribution < 1.29 is 0 Å². The minimum Gasteiger partial charge on any atom is -0.308 e. The molecular weight excluding hydrogens is 476 g/mol. The fourth-order valence-electron chi connectivity index (χ4n) is 5.88. The Morgan fingerprint density at radius 1 is 0.410 bits per heavy atom. The molecule has 4 aromatic carbocycles. The summed E-state index contributed by atoms with van der Waals surface area (Å²) in [5, 5.41) is 2.35. The number of pyridine rings is 2. The van der Waals surface area contributed by atoms with Gasteiger partial charge in [0.05, 0.1) is 33.1 Å². The molecular formula is C35H24N4. The molecule has 0 bridgehead atoms. The van der Waals surface area contributed by atoms with E-state index < -0.39 is 0 Å². The van der Waals surface area contributed by atoms with Gasteiger partial charge in [-0.3, -0.25) is 9.97 Å². The predicted octanol–water partition coefficient (Wildman–Crippen LogP) is 8.26. The van der Waals surface area contributed by atoms with E-state index in [0.29, 0.717) is 0 Å². The fourth-order valence-corrected chi connectivity index (χ4v) is 5.88. The maximum Gasteiger partial charge on any atom is 0.0963 e. The van der Waals surface area contributed by atoms with Crippen LogP contribution in [-0.4, -0.2) is 19.1 Å². The number of hydrogen-bond acceptors (Lipinski definition) is 2. The van der Waals surface area contributed by atoms with Gasteiger partial charge in [-0.2, -0.15) is 0 Å². The second-order valence-electron chi connectivity index (χ2n) is 9.96. The molecule has 0 saturated heterocycles. The molecule has 0 aliphatic heterocycles. The van der Waals surface area contributed by atoms with Crippen molar-refractivity contribution in [3.63, 3.8) is 0 Å². The van der Waals surface area contributed by atoms with E-state index >= 15 is 0 Å². The summed E-state index contributed by atoms with van der Waals surface area (Å²) in [6.07, 6.45) is 4.61. The van der Waals surface area contributed by atoms with E-state index in [9.17, 15) is 0 Å². The number of para-hydroxylation sites is 2. The van der Waals surface area contributed by atoms with Crippen LogP contribution in [0.2, 0.25) is 0 Å². The molecule has 184 valence electrons. The minimum absolute atomic E-state index is 0.879. The Balaban J connectivity index is 1.12. The summed E-state index contributed by atoms with van der Waals surface area (Å²) < 4.78 is 4.60. The van der Waals surface area contributed by atoms with Gasteiger partial charge in [-0.1, -0.05) is 60.7 Å². The standard InChI is InChI=1S/C35H24N4/c1-3-9-30-28(7-1)34-32(11-5-21-36-34)38(30)26-17-13-24(14-18-26)23-25-15-19-27(20-16-25)39-31-10-4-2-8-29(31)35-33(39)12-6-22-37-35/h1-22H,23H2. The molecule has 0 spiro atoms. The molecule has 0 amide bonds. The molecule has 0 radical (unpaired) electrons. The quantitative estimate of drug-likeness (QED) is 0.244. The zero-order valence-corrected chi connectivity index (χ0v) is 21.2. The monoisotopic (exact) mass is 500 g/mol. The number of nitrogens with zero attached hydrogens (tertiary/aromatic N) is 4. The highest BCUT2D eigenvalue weighted by Crippen LogP contribution is 2.32. The van der Waals surface area contributed by atoms with Crippen LogP contribution in [0.4, 0.5) is 0 Å². The van der Waals surface area contributed by atoms with Gasteiger partial charge in [0.2, 0.25) is 0 Å². The molecule has 4 heteroatoms. The molecule has 0 saturated carbocycles. The molecule has 0 aliphatic rings. The van der Waals surface area contributed by atoms with Crippen molar-refractivity contribution in [1.29, 1.82) is 0 Å². The van der Waals surface area contributed by atoms with E-state index in [2.05, 4.69) is 128 Å². The van der Waals surface area contributed by atoms with Crippen molar-refractivity contribution >= 4 is 43.9 Å². The molecule has 0 N–H and O–H groups in total. The van der Waals surface area contributed by atoms with Gasteiger partial charge in [-0.25, -0.2) is 0 Å². The molecule has 8 rings (SSSR count). The SMILES string of the molecule is c1ccc2c(c1)c1ncccc1n2-c1ccc(Cc2ccc(-n3c4ccccc4c4ncccc43)cc2)cc1. The average molecular weight is 501 g/mol. The Bertz CT molecular complexity index is 1870. The lowest BCUT2D eigenvalue weighted by Gasteiger charge is -2.10. The molecule has 0 aliphatic carbocycles. The summed E-state index contributed by atoms with van der Waals surface area (Å²) in [7, 11) is 0. The lowest BCUT2D eigenvalue weighted by atomic mass is 10.0. The van der Waals surface area contributed by atoms with E-state index in [4.69, 9.17) is 0 Å². The minimum atomic E-state index is 0.879. The molecule has 0 fully saturated rings. The Morgan fingerprint density at radius 2 is 0.821 bits per heavy atom. The highest BCUT2D eigenvalue weighted by molar-refractivity contribution is 6.07. The summed E-state index contributed by atoms with van der Waals surface area (Å²) in [5.41, 5.74) is 11.5. The predicted molar refractivity (Wildman–Crippen MR) is 160 cm³/mol. The van der Waals surface area contributed by atoms with Crippen LogP contribution >= 0.6 is 0 Å². The normalized spacial score (nSPS) is 11.7. The van der Waals surface area contributed by atoms with Gasteiger partial charge >= 0.3 is 0 Å². The van der Waals surface area contributed by atoms with Gasteiger partial charge in [0, 0.05) is 34.5 Å². The van der Waals surface area contributed by atoms with Crippen LogP contribution in [0.5, 0.6) is 0 Å². The van der Waals surface area contributed by atoms with Crippen molar-refractivity contribution in [3.05, 3.63) is 145 Å². The molecule has 4 aromatic heterocycles. The summed E-state index contributed by atoms with van der Waals surface area (Å²) >= 11 is 0. The molecule has 0 unspecified atom stereocenters. The highest BCUT2D eigenvalue weighted by atomic mass is 15.0. The maximum atomic E-state index is 4.66. The second-order valence-corrected chi connectivity index (χ2v) is 9.96. The van der Waals surface area contributed by atoms with E-state index in [0.717, 1.165) is 39.9 Å². The number of aromatic nitrogens is 4. The first kappa shape index (κ1) is 21.8. The Kier molecular flexibility index (Phi) is 4.85. The first-order valence-electron chi connectivity index (χ1n) is 13.2. The third kappa shape index (κ3) is 3.46. The van der Waals surface area contributed by atoms with Gasteiger partial charge in [0.15, 0.2) is 0 Å². The largest absolute Gasteiger partial charge is 0.308 e. The first-order valence-corrected chi connectivity index (χ1v) is 13.2. The van der Waals surface area contributed by atoms with Crippen LogP contribution < -0.4 is 0 Å². The van der Waals surface area contributed by atoms with Gasteiger partial charge in [-0.05, 0) is 78.2 Å². The van der Waals surface area contributed by atoms with E-state index in [1.807, 2.05) is 24.5 Å². The van der Waals surface area contributed by atoms with Crippen molar-refractivity contribution in [1.82, 2.24) is 19.1 Å². The Hall–Kier alpha value is -5.22. The number of hydrogen-bond donors (Lipinski definition) is 0. The number of fused-ring (bicyclic) bond motifs is 6. The van der Waals surface area contributed by atoms with Crippen LogP contribution in [0, 0.1) is 0 Å². The summed E-state index contributed by atoms with van der Waals surface area (Å²) in [5.74, 6) is 0. The third-order valence-electron chi connectivity index (χ3n) is 7.65. The zero-order chi connectivity index (χ0) is 25.8. The fraction of sp³-hybridized carbons (Fsp3) is 0.0286. The lowest BCUT2D eigenvalue weighted by molar-refractivity contribution is 1.13. The first-order chi connectivity index (χ1) is 19.3. The molecule has 39 heavy (non-hydrogen) atoms. The molecule has 4 nitrogen and oxygen atoms in total. The highest BCUT2D eigenvalue weighted by Gasteiger charge is 2.14. The summed E-state index contributed by atoms with van der Waals surface area (Å²) in [6.45, 7) is 0. The van der Waals surface area contributed by atoms with E-state index in [1.165, 1.54) is 32.9 Å². The zero-order valence-electron chi connectivity index (χ0n) is 21.2. The average Bonchev–Trinajstić information content (AvgIpc) is 3.51. The van der Waals surface area contributed by atoms with Crippen molar-refractivity contribution in [2.45, 2.75) is 6.42 Å². The Morgan fingerprint density at radius 3 is 1.28 bits per heavy atom. The molecule has 0 atom stereocenters. The van der Waals surface area contributed by atoms with Crippen molar-refractivity contribution in [2.75, 3.05) is 0 Å². The van der Waals surface area contributed by atoms with Crippen molar-refractivity contribution in [3.8, 4) is 11.4 Å². The van der Waals surface area contributed by atoms with E-state index in [-0.39, 0.29) is 0 Å². The smallest absolute Gasteiger partial charge is 0.0963 e. The van der Waals surface area contributed by atoms with Gasteiger partial charge < -0.3 is 9.13 Å². The van der Waals surface area contributed by atoms with Crippen LogP contribution in [0.15, 0.2) is 134 Å². The molecule has 4 heterocycles. The van der Waals surface area contributed by atoms with Crippen molar-refractivity contribution in [2.24, 2.45) is 0 Å². The van der Waals surface area contributed by atoms with Gasteiger partial charge in [0.25, 0.3) is 0 Å². The lowest BCUT2D eigenvalue weighted by Crippen LogP contribution is -1.96. The van der Waals surface area contributed by atoms with Gasteiger partial charge in [-0.15, -0.1) is 0 Å². The summed E-state index contributed by atoms with van der Waals surface area (Å²) in [6, 6.07) is 43.1. The third-order valence-corrected chi connectivity index (χ3v) is 7.65. The topological polar surface area (TPSA) is 35.6 Å². The summed E-state index contributed by atoms with van der Waals surface area (Å²) in [4.78, 5) is 9.32. The number of benzene rings is 4. The Labute approximate surface area is 225 Å².